The number of aromatic amines is 1. The Morgan fingerprint density at radius 2 is 1.89 bits per heavy atom. The maximum Gasteiger partial charge on any atom is 0.275 e. The van der Waals surface area contributed by atoms with Crippen molar-refractivity contribution < 1.29 is 9.53 Å². The molecule has 0 aliphatic carbocycles. The van der Waals surface area contributed by atoms with Gasteiger partial charge in [-0.05, 0) is 25.1 Å². The maximum atomic E-state index is 12.5. The van der Waals surface area contributed by atoms with Gasteiger partial charge in [0.15, 0.2) is 5.13 Å². The van der Waals surface area contributed by atoms with Gasteiger partial charge in [-0.15, -0.1) is 11.3 Å². The van der Waals surface area contributed by atoms with E-state index < -0.39 is 0 Å². The number of aryl methyl sites for hydroxylation is 1. The molecule has 0 fully saturated rings. The van der Waals surface area contributed by atoms with Gasteiger partial charge in [0.2, 0.25) is 0 Å². The zero-order valence-electron chi connectivity index (χ0n) is 15.4. The fraction of sp³-hybridized carbons (Fsp3) is 0.0952. The molecule has 2 aromatic heterocycles. The molecule has 2 aromatic carbocycles. The van der Waals surface area contributed by atoms with Crippen LogP contribution in [0.3, 0.4) is 0 Å². The van der Waals surface area contributed by atoms with Crippen molar-refractivity contribution in [3.8, 4) is 28.3 Å². The number of H-pyrrole nitrogens is 1. The molecule has 6 nitrogen and oxygen atoms in total. The minimum Gasteiger partial charge on any atom is -0.496 e. The summed E-state index contributed by atoms with van der Waals surface area (Å²) in [6, 6.07) is 17.4. The van der Waals surface area contributed by atoms with E-state index in [1.54, 1.807) is 13.2 Å². The highest BCUT2D eigenvalue weighted by molar-refractivity contribution is 7.14. The predicted octanol–water partition coefficient (Wildman–Crippen LogP) is 4.77. The van der Waals surface area contributed by atoms with Crippen LogP contribution in [-0.2, 0) is 0 Å². The minimum atomic E-state index is -0.285. The van der Waals surface area contributed by atoms with Crippen LogP contribution in [0.5, 0.6) is 5.75 Å². The molecule has 0 spiro atoms. The van der Waals surface area contributed by atoms with E-state index in [1.165, 1.54) is 16.9 Å². The Balaban J connectivity index is 1.50. The average Bonchev–Trinajstić information content (AvgIpc) is 3.38. The van der Waals surface area contributed by atoms with E-state index >= 15 is 0 Å². The van der Waals surface area contributed by atoms with E-state index in [0.29, 0.717) is 10.8 Å². The fourth-order valence-corrected chi connectivity index (χ4v) is 3.49. The quantitative estimate of drug-likeness (QED) is 0.514. The van der Waals surface area contributed by atoms with Crippen molar-refractivity contribution in [2.24, 2.45) is 0 Å². The lowest BCUT2D eigenvalue weighted by atomic mass is 10.1. The van der Waals surface area contributed by atoms with Crippen molar-refractivity contribution in [3.63, 3.8) is 0 Å². The zero-order chi connectivity index (χ0) is 19.5. The Kier molecular flexibility index (Phi) is 4.90. The molecule has 0 aliphatic heterocycles. The Morgan fingerprint density at radius 3 is 2.68 bits per heavy atom. The molecule has 140 valence electrons. The van der Waals surface area contributed by atoms with Crippen LogP contribution in [0, 0.1) is 6.92 Å². The number of nitrogens with zero attached hydrogens (tertiary/aromatic N) is 2. The molecular weight excluding hydrogens is 372 g/mol. The third-order valence-corrected chi connectivity index (χ3v) is 5.04. The minimum absolute atomic E-state index is 0.285. The van der Waals surface area contributed by atoms with Gasteiger partial charge >= 0.3 is 0 Å². The number of carbonyl (C=O) groups is 1. The Hall–Kier alpha value is -3.45. The number of thiazole rings is 1. The summed E-state index contributed by atoms with van der Waals surface area (Å²) in [5, 5.41) is 12.2. The molecule has 7 heteroatoms. The number of aromatic nitrogens is 3. The number of amides is 1. The highest BCUT2D eigenvalue weighted by Crippen LogP contribution is 2.32. The first-order chi connectivity index (χ1) is 13.6. The van der Waals surface area contributed by atoms with Gasteiger partial charge < -0.3 is 4.74 Å². The van der Waals surface area contributed by atoms with E-state index in [1.807, 2.05) is 60.8 Å². The summed E-state index contributed by atoms with van der Waals surface area (Å²) in [5.74, 6) is 0.453. The monoisotopic (exact) mass is 390 g/mol. The summed E-state index contributed by atoms with van der Waals surface area (Å²) in [7, 11) is 1.62. The third kappa shape index (κ3) is 3.65. The number of carbonyl (C=O) groups excluding carboxylic acids is 1. The number of para-hydroxylation sites is 1. The summed E-state index contributed by atoms with van der Waals surface area (Å²) < 4.78 is 5.38. The number of anilines is 1. The first kappa shape index (κ1) is 17.9. The number of ether oxygens (including phenoxy) is 1. The van der Waals surface area contributed by atoms with Gasteiger partial charge in [-0.25, -0.2) is 4.98 Å². The van der Waals surface area contributed by atoms with Crippen molar-refractivity contribution >= 4 is 22.4 Å². The van der Waals surface area contributed by atoms with Crippen LogP contribution in [0.1, 0.15) is 16.1 Å². The molecule has 0 saturated carbocycles. The molecular formula is C21H18N4O2S. The molecule has 28 heavy (non-hydrogen) atoms. The lowest BCUT2D eigenvalue weighted by molar-refractivity contribution is 0.102. The van der Waals surface area contributed by atoms with Crippen LogP contribution in [0.25, 0.3) is 22.5 Å². The average molecular weight is 390 g/mol. The number of rotatable bonds is 5. The molecule has 4 rings (SSSR count). The second-order valence-electron chi connectivity index (χ2n) is 6.23. The highest BCUT2D eigenvalue weighted by atomic mass is 32.1. The molecule has 4 aromatic rings. The number of hydrogen-bond acceptors (Lipinski definition) is 5. The van der Waals surface area contributed by atoms with E-state index in [9.17, 15) is 4.79 Å². The van der Waals surface area contributed by atoms with Crippen molar-refractivity contribution in [3.05, 3.63) is 71.2 Å². The predicted molar refractivity (Wildman–Crippen MR) is 111 cm³/mol. The van der Waals surface area contributed by atoms with Gasteiger partial charge in [0.25, 0.3) is 5.91 Å². The van der Waals surface area contributed by atoms with E-state index in [4.69, 9.17) is 4.74 Å². The van der Waals surface area contributed by atoms with Crippen LogP contribution < -0.4 is 10.1 Å². The van der Waals surface area contributed by atoms with Gasteiger partial charge in [-0.2, -0.15) is 5.10 Å². The van der Waals surface area contributed by atoms with E-state index in [-0.39, 0.29) is 5.91 Å². The van der Waals surface area contributed by atoms with Crippen molar-refractivity contribution in [2.75, 3.05) is 12.4 Å². The Bertz CT molecular complexity index is 1120. The molecule has 0 radical (unpaired) electrons. The molecule has 2 N–H and O–H groups in total. The molecule has 0 atom stereocenters. The van der Waals surface area contributed by atoms with Gasteiger partial charge in [-0.1, -0.05) is 42.0 Å². The lowest BCUT2D eigenvalue weighted by Crippen LogP contribution is -2.12. The molecule has 0 unspecified atom stereocenters. The van der Waals surface area contributed by atoms with E-state index in [2.05, 4.69) is 20.5 Å². The van der Waals surface area contributed by atoms with Crippen LogP contribution in [0.2, 0.25) is 0 Å². The van der Waals surface area contributed by atoms with Gasteiger partial charge in [0, 0.05) is 16.5 Å². The first-order valence-corrected chi connectivity index (χ1v) is 9.55. The van der Waals surface area contributed by atoms with Crippen molar-refractivity contribution in [1.82, 2.24) is 15.2 Å². The number of benzene rings is 2. The van der Waals surface area contributed by atoms with Gasteiger partial charge in [-0.3, -0.25) is 15.2 Å². The SMILES string of the molecule is COc1ccccc1-c1csc(NC(=O)c2cc(-c3ccc(C)cc3)n[nH]2)n1. The molecule has 2 heterocycles. The largest absolute Gasteiger partial charge is 0.496 e. The van der Waals surface area contributed by atoms with Crippen LogP contribution >= 0.6 is 11.3 Å². The summed E-state index contributed by atoms with van der Waals surface area (Å²) in [4.78, 5) is 17.0. The summed E-state index contributed by atoms with van der Waals surface area (Å²) >= 11 is 1.36. The third-order valence-electron chi connectivity index (χ3n) is 4.28. The summed E-state index contributed by atoms with van der Waals surface area (Å²) in [6.07, 6.45) is 0. The summed E-state index contributed by atoms with van der Waals surface area (Å²) in [6.45, 7) is 2.03. The van der Waals surface area contributed by atoms with Crippen molar-refractivity contribution in [2.45, 2.75) is 6.92 Å². The van der Waals surface area contributed by atoms with Crippen LogP contribution in [0.4, 0.5) is 5.13 Å². The smallest absolute Gasteiger partial charge is 0.275 e. The fourth-order valence-electron chi connectivity index (χ4n) is 2.79. The number of hydrogen-bond donors (Lipinski definition) is 2. The molecule has 0 saturated heterocycles. The van der Waals surface area contributed by atoms with Gasteiger partial charge in [0.1, 0.15) is 11.4 Å². The molecule has 1 amide bonds. The standard InChI is InChI=1S/C21H18N4O2S/c1-13-7-9-14(10-8-13)16-11-17(25-24-16)20(26)23-21-22-18(12-28-21)15-5-3-4-6-19(15)27-2/h3-12H,1-2H3,(H,24,25)(H,22,23,26). The Labute approximate surface area is 166 Å². The lowest BCUT2D eigenvalue weighted by Gasteiger charge is -2.04. The molecule has 0 bridgehead atoms. The highest BCUT2D eigenvalue weighted by Gasteiger charge is 2.14. The van der Waals surface area contributed by atoms with E-state index in [0.717, 1.165) is 28.3 Å². The van der Waals surface area contributed by atoms with Crippen LogP contribution in [-0.4, -0.2) is 28.2 Å². The van der Waals surface area contributed by atoms with Crippen LogP contribution in [0.15, 0.2) is 60.0 Å². The maximum absolute atomic E-state index is 12.5. The first-order valence-electron chi connectivity index (χ1n) is 8.67. The second-order valence-corrected chi connectivity index (χ2v) is 7.08. The van der Waals surface area contributed by atoms with Gasteiger partial charge in [0.05, 0.1) is 18.5 Å². The zero-order valence-corrected chi connectivity index (χ0v) is 16.2. The number of methoxy groups -OCH3 is 1. The number of nitrogens with one attached hydrogen (secondary N) is 2. The normalized spacial score (nSPS) is 10.6. The summed E-state index contributed by atoms with van der Waals surface area (Å²) in [5.41, 5.74) is 4.86. The topological polar surface area (TPSA) is 79.9 Å². The second kappa shape index (κ2) is 7.66. The molecule has 0 aliphatic rings. The van der Waals surface area contributed by atoms with Crippen molar-refractivity contribution in [1.29, 1.82) is 0 Å². The Morgan fingerprint density at radius 1 is 1.11 bits per heavy atom.